The minimum atomic E-state index is -0.0666. The lowest BCUT2D eigenvalue weighted by molar-refractivity contribution is -0.138. The molecule has 2 aliphatic rings. The van der Waals surface area contributed by atoms with Crippen LogP contribution in [0.1, 0.15) is 18.4 Å². The summed E-state index contributed by atoms with van der Waals surface area (Å²) in [6, 6.07) is 10.2. The van der Waals surface area contributed by atoms with E-state index in [-0.39, 0.29) is 17.9 Å². The number of aromatic nitrogens is 2. The molecule has 5 nitrogen and oxygen atoms in total. The predicted octanol–water partition coefficient (Wildman–Crippen LogP) is 2.13. The summed E-state index contributed by atoms with van der Waals surface area (Å²) in [5, 5.41) is 4.27. The highest BCUT2D eigenvalue weighted by molar-refractivity contribution is 5.80. The zero-order valence-corrected chi connectivity index (χ0v) is 13.1. The Morgan fingerprint density at radius 1 is 1.30 bits per heavy atom. The molecule has 1 amide bonds. The summed E-state index contributed by atoms with van der Waals surface area (Å²) in [6.07, 6.45) is 6.64. The van der Waals surface area contributed by atoms with Crippen molar-refractivity contribution in [1.82, 2.24) is 14.7 Å². The molecule has 2 aromatic rings. The van der Waals surface area contributed by atoms with Crippen LogP contribution < -0.4 is 4.74 Å². The van der Waals surface area contributed by atoms with Gasteiger partial charge in [0.15, 0.2) is 0 Å². The molecule has 1 aromatic carbocycles. The summed E-state index contributed by atoms with van der Waals surface area (Å²) in [5.41, 5.74) is 1.14. The van der Waals surface area contributed by atoms with Crippen LogP contribution in [0.5, 0.6) is 5.75 Å². The molecule has 120 valence electrons. The van der Waals surface area contributed by atoms with Crippen molar-refractivity contribution in [2.45, 2.75) is 31.8 Å². The van der Waals surface area contributed by atoms with E-state index >= 15 is 0 Å². The third-order valence-electron chi connectivity index (χ3n) is 4.85. The number of amides is 1. The van der Waals surface area contributed by atoms with Gasteiger partial charge in [-0.25, -0.2) is 0 Å². The maximum atomic E-state index is 13.0. The second kappa shape index (κ2) is 6.07. The summed E-state index contributed by atoms with van der Waals surface area (Å²) >= 11 is 0. The molecule has 1 fully saturated rings. The summed E-state index contributed by atoms with van der Waals surface area (Å²) in [4.78, 5) is 15.0. The number of carbonyl (C=O) groups is 1. The van der Waals surface area contributed by atoms with Crippen LogP contribution >= 0.6 is 0 Å². The van der Waals surface area contributed by atoms with Crippen molar-refractivity contribution in [3.63, 3.8) is 0 Å². The van der Waals surface area contributed by atoms with Crippen molar-refractivity contribution >= 4 is 5.91 Å². The fourth-order valence-corrected chi connectivity index (χ4v) is 3.66. The van der Waals surface area contributed by atoms with Gasteiger partial charge in [-0.05, 0) is 37.0 Å². The third-order valence-corrected chi connectivity index (χ3v) is 4.85. The molecule has 1 saturated heterocycles. The van der Waals surface area contributed by atoms with E-state index < -0.39 is 0 Å². The fourth-order valence-electron chi connectivity index (χ4n) is 3.66. The van der Waals surface area contributed by atoms with E-state index in [1.165, 1.54) is 0 Å². The smallest absolute Gasteiger partial charge is 0.229 e. The number of para-hydroxylation sites is 1. The van der Waals surface area contributed by atoms with Gasteiger partial charge >= 0.3 is 0 Å². The van der Waals surface area contributed by atoms with E-state index in [1.54, 1.807) is 6.20 Å². The zero-order chi connectivity index (χ0) is 15.6. The van der Waals surface area contributed by atoms with E-state index in [9.17, 15) is 4.79 Å². The van der Waals surface area contributed by atoms with Crippen LogP contribution in [0, 0.1) is 5.92 Å². The Labute approximate surface area is 135 Å². The van der Waals surface area contributed by atoms with Gasteiger partial charge in [-0.2, -0.15) is 5.10 Å². The molecule has 0 aliphatic carbocycles. The monoisotopic (exact) mass is 311 g/mol. The lowest BCUT2D eigenvalue weighted by Gasteiger charge is -2.31. The Balaban J connectivity index is 1.46. The normalized spacial score (nSPS) is 23.4. The third kappa shape index (κ3) is 2.83. The van der Waals surface area contributed by atoms with Gasteiger partial charge in [0, 0.05) is 18.9 Å². The molecule has 2 atom stereocenters. The van der Waals surface area contributed by atoms with Crippen molar-refractivity contribution in [1.29, 1.82) is 0 Å². The number of benzene rings is 1. The summed E-state index contributed by atoms with van der Waals surface area (Å²) in [6.45, 7) is 2.12. The van der Waals surface area contributed by atoms with Gasteiger partial charge in [0.2, 0.25) is 5.91 Å². The highest BCUT2D eigenvalue weighted by Crippen LogP contribution is 2.29. The molecule has 3 heterocycles. The quantitative estimate of drug-likeness (QED) is 0.872. The molecule has 2 aliphatic heterocycles. The molecule has 4 rings (SSSR count). The molecular weight excluding hydrogens is 290 g/mol. The van der Waals surface area contributed by atoms with Crippen LogP contribution in [-0.4, -0.2) is 39.8 Å². The van der Waals surface area contributed by atoms with Crippen molar-refractivity contribution in [3.8, 4) is 5.75 Å². The number of ether oxygens (including phenoxy) is 1. The molecule has 0 saturated carbocycles. The first kappa shape index (κ1) is 14.3. The van der Waals surface area contributed by atoms with E-state index in [0.717, 1.165) is 43.7 Å². The Morgan fingerprint density at radius 3 is 3.09 bits per heavy atom. The molecule has 0 unspecified atom stereocenters. The largest absolute Gasteiger partial charge is 0.492 e. The first-order valence-electron chi connectivity index (χ1n) is 8.30. The van der Waals surface area contributed by atoms with E-state index in [4.69, 9.17) is 4.74 Å². The topological polar surface area (TPSA) is 47.4 Å². The molecule has 5 heteroatoms. The minimum Gasteiger partial charge on any atom is -0.492 e. The molecule has 0 bridgehead atoms. The molecule has 0 spiro atoms. The number of hydrogen-bond acceptors (Lipinski definition) is 3. The van der Waals surface area contributed by atoms with Gasteiger partial charge in [0.05, 0.1) is 18.5 Å². The van der Waals surface area contributed by atoms with Gasteiger partial charge in [-0.1, -0.05) is 18.2 Å². The van der Waals surface area contributed by atoms with Crippen LogP contribution in [-0.2, 0) is 17.8 Å². The summed E-state index contributed by atoms with van der Waals surface area (Å²) in [5.74, 6) is 1.09. The van der Waals surface area contributed by atoms with Crippen molar-refractivity contribution in [2.24, 2.45) is 5.92 Å². The average molecular weight is 311 g/mol. The maximum Gasteiger partial charge on any atom is 0.229 e. The number of likely N-dealkylation sites (tertiary alicyclic amines) is 1. The number of fused-ring (bicyclic) bond motifs is 1. The Kier molecular flexibility index (Phi) is 3.77. The fraction of sp³-hybridized carbons (Fsp3) is 0.444. The van der Waals surface area contributed by atoms with Gasteiger partial charge < -0.3 is 9.64 Å². The number of carbonyl (C=O) groups excluding carboxylic acids is 1. The molecule has 0 N–H and O–H groups in total. The maximum absolute atomic E-state index is 13.0. The summed E-state index contributed by atoms with van der Waals surface area (Å²) < 4.78 is 7.71. The van der Waals surface area contributed by atoms with E-state index in [2.05, 4.69) is 11.2 Å². The SMILES string of the molecule is O=C([C@@H]1COc2ccccc2C1)N1CCC[C@@H]1Cn1cccn1. The second-order valence-electron chi connectivity index (χ2n) is 6.38. The Bertz CT molecular complexity index is 683. The van der Waals surface area contributed by atoms with E-state index in [1.807, 2.05) is 40.0 Å². The van der Waals surface area contributed by atoms with Crippen LogP contribution in [0.25, 0.3) is 0 Å². The van der Waals surface area contributed by atoms with Crippen molar-refractivity contribution in [3.05, 3.63) is 48.3 Å². The first-order valence-corrected chi connectivity index (χ1v) is 8.30. The predicted molar refractivity (Wildman–Crippen MR) is 86.1 cm³/mol. The average Bonchev–Trinajstić information content (AvgIpc) is 3.26. The Hall–Kier alpha value is -2.30. The minimum absolute atomic E-state index is 0.0666. The second-order valence-corrected chi connectivity index (χ2v) is 6.38. The van der Waals surface area contributed by atoms with Gasteiger partial charge in [0.25, 0.3) is 0 Å². The van der Waals surface area contributed by atoms with Crippen molar-refractivity contribution < 1.29 is 9.53 Å². The van der Waals surface area contributed by atoms with Gasteiger partial charge in [-0.15, -0.1) is 0 Å². The van der Waals surface area contributed by atoms with Crippen LogP contribution in [0.3, 0.4) is 0 Å². The first-order chi connectivity index (χ1) is 11.3. The lowest BCUT2D eigenvalue weighted by Crippen LogP contribution is -2.44. The number of rotatable bonds is 3. The number of nitrogens with zero attached hydrogens (tertiary/aromatic N) is 3. The van der Waals surface area contributed by atoms with Crippen LogP contribution in [0.4, 0.5) is 0 Å². The van der Waals surface area contributed by atoms with Crippen molar-refractivity contribution in [2.75, 3.05) is 13.2 Å². The standard InChI is InChI=1S/C18H21N3O2/c22-18(15-11-14-5-1-2-7-17(14)23-13-15)21-10-3-6-16(21)12-20-9-4-8-19-20/h1-2,4-5,7-9,15-16H,3,6,10-13H2/t15-,16+/m0/s1. The zero-order valence-electron chi connectivity index (χ0n) is 13.1. The van der Waals surface area contributed by atoms with Gasteiger partial charge in [0.1, 0.15) is 12.4 Å². The highest BCUT2D eigenvalue weighted by atomic mass is 16.5. The Morgan fingerprint density at radius 2 is 2.22 bits per heavy atom. The van der Waals surface area contributed by atoms with Crippen LogP contribution in [0.15, 0.2) is 42.7 Å². The van der Waals surface area contributed by atoms with E-state index in [0.29, 0.717) is 6.61 Å². The summed E-state index contributed by atoms with van der Waals surface area (Å²) in [7, 11) is 0. The molecule has 23 heavy (non-hydrogen) atoms. The highest BCUT2D eigenvalue weighted by Gasteiger charge is 2.35. The number of hydrogen-bond donors (Lipinski definition) is 0. The molecular formula is C18H21N3O2. The molecule has 1 aromatic heterocycles. The van der Waals surface area contributed by atoms with Gasteiger partial charge in [-0.3, -0.25) is 9.48 Å². The molecule has 0 radical (unpaired) electrons. The van der Waals surface area contributed by atoms with Crippen LogP contribution in [0.2, 0.25) is 0 Å². The lowest BCUT2D eigenvalue weighted by atomic mass is 9.95.